The molecule has 0 atom stereocenters. The van der Waals surface area contributed by atoms with Crippen LogP contribution >= 0.6 is 0 Å². The summed E-state index contributed by atoms with van der Waals surface area (Å²) < 4.78 is 17.5. The average molecular weight is 240 g/mol. The number of hydrogen-bond acceptors (Lipinski definition) is 4. The number of anilines is 1. The van der Waals surface area contributed by atoms with Gasteiger partial charge in [-0.3, -0.25) is 4.79 Å². The number of methoxy groups -OCH3 is 1. The van der Waals surface area contributed by atoms with Gasteiger partial charge in [-0.05, 0) is 18.2 Å². The highest BCUT2D eigenvalue weighted by atomic mass is 19.1. The Balaban J connectivity index is 2.98. The molecule has 1 aromatic carbocycles. The van der Waals surface area contributed by atoms with E-state index in [4.69, 9.17) is 5.73 Å². The van der Waals surface area contributed by atoms with E-state index in [9.17, 15) is 14.0 Å². The lowest BCUT2D eigenvalue weighted by Gasteiger charge is -2.09. The van der Waals surface area contributed by atoms with Gasteiger partial charge in [0.05, 0.1) is 18.4 Å². The van der Waals surface area contributed by atoms with Crippen LogP contribution in [0.15, 0.2) is 18.2 Å². The molecule has 0 bridgehead atoms. The first-order valence-corrected chi connectivity index (χ1v) is 4.96. The second-order valence-electron chi connectivity index (χ2n) is 3.27. The van der Waals surface area contributed by atoms with Crippen molar-refractivity contribution in [2.75, 3.05) is 19.0 Å². The van der Waals surface area contributed by atoms with Crippen molar-refractivity contribution in [1.82, 2.24) is 0 Å². The molecule has 0 unspecified atom stereocenters. The SMILES string of the molecule is COC(=O)c1cc(F)ccc1NC(=O)CCN. The van der Waals surface area contributed by atoms with E-state index in [0.29, 0.717) is 0 Å². The quantitative estimate of drug-likeness (QED) is 0.766. The summed E-state index contributed by atoms with van der Waals surface area (Å²) >= 11 is 0. The van der Waals surface area contributed by atoms with Crippen molar-refractivity contribution in [3.8, 4) is 0 Å². The van der Waals surface area contributed by atoms with Gasteiger partial charge >= 0.3 is 5.97 Å². The Morgan fingerprint density at radius 1 is 1.47 bits per heavy atom. The molecule has 6 heteroatoms. The monoisotopic (exact) mass is 240 g/mol. The Kier molecular flexibility index (Phi) is 4.59. The zero-order valence-corrected chi connectivity index (χ0v) is 9.33. The van der Waals surface area contributed by atoms with E-state index < -0.39 is 11.8 Å². The maximum absolute atomic E-state index is 13.0. The predicted octanol–water partition coefficient (Wildman–Crippen LogP) is 0.900. The highest BCUT2D eigenvalue weighted by Crippen LogP contribution is 2.18. The molecule has 92 valence electrons. The molecule has 1 aromatic rings. The molecule has 0 aliphatic carbocycles. The summed E-state index contributed by atoms with van der Waals surface area (Å²) in [6.07, 6.45) is 0.123. The predicted molar refractivity (Wildman–Crippen MR) is 60.0 cm³/mol. The summed E-state index contributed by atoms with van der Waals surface area (Å²) in [4.78, 5) is 22.7. The first-order chi connectivity index (χ1) is 8.08. The van der Waals surface area contributed by atoms with E-state index >= 15 is 0 Å². The fourth-order valence-electron chi connectivity index (χ4n) is 1.25. The molecular formula is C11H13FN2O3. The van der Waals surface area contributed by atoms with Crippen LogP contribution in [-0.4, -0.2) is 25.5 Å². The Morgan fingerprint density at radius 2 is 2.18 bits per heavy atom. The minimum atomic E-state index is -0.715. The van der Waals surface area contributed by atoms with Crippen molar-refractivity contribution >= 4 is 17.6 Å². The van der Waals surface area contributed by atoms with Gasteiger partial charge < -0.3 is 15.8 Å². The molecule has 0 fully saturated rings. The van der Waals surface area contributed by atoms with Crippen LogP contribution in [0.1, 0.15) is 16.8 Å². The average Bonchev–Trinajstić information content (AvgIpc) is 2.30. The van der Waals surface area contributed by atoms with E-state index in [-0.39, 0.29) is 30.1 Å². The Labute approximate surface area is 97.7 Å². The largest absolute Gasteiger partial charge is 0.465 e. The molecule has 0 saturated heterocycles. The Hall–Kier alpha value is -1.95. The minimum Gasteiger partial charge on any atom is -0.465 e. The van der Waals surface area contributed by atoms with Crippen LogP contribution in [0.4, 0.5) is 10.1 Å². The molecule has 0 aliphatic rings. The maximum Gasteiger partial charge on any atom is 0.340 e. The molecule has 0 saturated carbocycles. The number of benzene rings is 1. The third-order valence-electron chi connectivity index (χ3n) is 2.03. The second-order valence-corrected chi connectivity index (χ2v) is 3.27. The number of halogens is 1. The lowest BCUT2D eigenvalue weighted by Crippen LogP contribution is -2.18. The lowest BCUT2D eigenvalue weighted by molar-refractivity contribution is -0.116. The van der Waals surface area contributed by atoms with Crippen molar-refractivity contribution < 1.29 is 18.7 Å². The molecule has 0 aliphatic heterocycles. The zero-order chi connectivity index (χ0) is 12.8. The number of rotatable bonds is 4. The third-order valence-corrected chi connectivity index (χ3v) is 2.03. The summed E-state index contributed by atoms with van der Waals surface area (Å²) in [5.41, 5.74) is 5.39. The van der Waals surface area contributed by atoms with Crippen LogP contribution < -0.4 is 11.1 Å². The summed E-state index contributed by atoms with van der Waals surface area (Å²) in [5, 5.41) is 2.47. The highest BCUT2D eigenvalue weighted by Gasteiger charge is 2.14. The van der Waals surface area contributed by atoms with Gasteiger partial charge in [0.25, 0.3) is 0 Å². The number of nitrogens with two attached hydrogens (primary N) is 1. The molecule has 0 heterocycles. The van der Waals surface area contributed by atoms with Crippen LogP contribution in [0, 0.1) is 5.82 Å². The van der Waals surface area contributed by atoms with E-state index in [2.05, 4.69) is 10.1 Å². The van der Waals surface area contributed by atoms with Gasteiger partial charge in [-0.2, -0.15) is 0 Å². The van der Waals surface area contributed by atoms with Gasteiger partial charge in [-0.15, -0.1) is 0 Å². The number of hydrogen-bond donors (Lipinski definition) is 2. The van der Waals surface area contributed by atoms with Crippen molar-refractivity contribution in [1.29, 1.82) is 0 Å². The standard InChI is InChI=1S/C11H13FN2O3/c1-17-11(16)8-6-7(12)2-3-9(8)14-10(15)4-5-13/h2-3,6H,4-5,13H2,1H3,(H,14,15). The van der Waals surface area contributed by atoms with E-state index in [1.165, 1.54) is 13.2 Å². The van der Waals surface area contributed by atoms with Gasteiger partial charge in [0.15, 0.2) is 0 Å². The van der Waals surface area contributed by atoms with Crippen LogP contribution in [0.25, 0.3) is 0 Å². The van der Waals surface area contributed by atoms with Crippen molar-refractivity contribution in [3.05, 3.63) is 29.6 Å². The van der Waals surface area contributed by atoms with Crippen LogP contribution in [-0.2, 0) is 9.53 Å². The van der Waals surface area contributed by atoms with Crippen LogP contribution in [0.3, 0.4) is 0 Å². The highest BCUT2D eigenvalue weighted by molar-refractivity contribution is 6.01. The molecule has 0 radical (unpaired) electrons. The van der Waals surface area contributed by atoms with Crippen molar-refractivity contribution in [2.24, 2.45) is 5.73 Å². The Morgan fingerprint density at radius 3 is 2.76 bits per heavy atom. The van der Waals surface area contributed by atoms with E-state index in [0.717, 1.165) is 12.1 Å². The van der Waals surface area contributed by atoms with Crippen LogP contribution in [0.5, 0.6) is 0 Å². The molecule has 0 aromatic heterocycles. The van der Waals surface area contributed by atoms with Gasteiger partial charge in [-0.25, -0.2) is 9.18 Å². The molecular weight excluding hydrogens is 227 g/mol. The lowest BCUT2D eigenvalue weighted by atomic mass is 10.1. The number of carbonyl (C=O) groups is 2. The minimum absolute atomic E-state index is 0.0297. The maximum atomic E-state index is 13.0. The van der Waals surface area contributed by atoms with Crippen LogP contribution in [0.2, 0.25) is 0 Å². The summed E-state index contributed by atoms with van der Waals surface area (Å²) in [7, 11) is 1.18. The fourth-order valence-corrected chi connectivity index (χ4v) is 1.25. The topological polar surface area (TPSA) is 81.4 Å². The molecule has 5 nitrogen and oxygen atoms in total. The van der Waals surface area contributed by atoms with Gasteiger partial charge in [-0.1, -0.05) is 0 Å². The fraction of sp³-hybridized carbons (Fsp3) is 0.273. The summed E-state index contributed by atoms with van der Waals surface area (Å²) in [6.45, 7) is 0.195. The smallest absolute Gasteiger partial charge is 0.340 e. The summed E-state index contributed by atoms with van der Waals surface area (Å²) in [5.74, 6) is -1.64. The first-order valence-electron chi connectivity index (χ1n) is 4.96. The molecule has 3 N–H and O–H groups in total. The number of esters is 1. The normalized spacial score (nSPS) is 9.82. The molecule has 1 rings (SSSR count). The van der Waals surface area contributed by atoms with E-state index in [1.54, 1.807) is 0 Å². The van der Waals surface area contributed by atoms with E-state index in [1.807, 2.05) is 0 Å². The Bertz CT molecular complexity index is 435. The van der Waals surface area contributed by atoms with Gasteiger partial charge in [0.2, 0.25) is 5.91 Å². The number of amides is 1. The van der Waals surface area contributed by atoms with Crippen molar-refractivity contribution in [2.45, 2.75) is 6.42 Å². The molecule has 17 heavy (non-hydrogen) atoms. The number of carbonyl (C=O) groups excluding carboxylic acids is 2. The summed E-state index contributed by atoms with van der Waals surface area (Å²) in [6, 6.07) is 3.45. The molecule has 1 amide bonds. The molecule has 0 spiro atoms. The second kappa shape index (κ2) is 5.95. The zero-order valence-electron chi connectivity index (χ0n) is 9.33. The number of nitrogens with one attached hydrogen (secondary N) is 1. The van der Waals surface area contributed by atoms with Gasteiger partial charge in [0, 0.05) is 13.0 Å². The van der Waals surface area contributed by atoms with Gasteiger partial charge in [0.1, 0.15) is 5.82 Å². The number of ether oxygens (including phenoxy) is 1. The van der Waals surface area contributed by atoms with Crippen molar-refractivity contribution in [3.63, 3.8) is 0 Å². The first kappa shape index (κ1) is 13.1. The third kappa shape index (κ3) is 3.53.